The first-order chi connectivity index (χ1) is 8.11. The molecule has 0 aliphatic carbocycles. The van der Waals surface area contributed by atoms with Gasteiger partial charge in [-0.05, 0) is 30.2 Å². The van der Waals surface area contributed by atoms with Gasteiger partial charge in [0.2, 0.25) is 5.28 Å². The van der Waals surface area contributed by atoms with Crippen molar-refractivity contribution in [3.8, 4) is 11.3 Å². The fourth-order valence-corrected chi connectivity index (χ4v) is 1.80. The highest BCUT2D eigenvalue weighted by molar-refractivity contribution is 6.33. The van der Waals surface area contributed by atoms with Crippen LogP contribution < -0.4 is 0 Å². The second kappa shape index (κ2) is 4.82. The number of aldehydes is 1. The van der Waals surface area contributed by atoms with Gasteiger partial charge < -0.3 is 0 Å². The van der Waals surface area contributed by atoms with Gasteiger partial charge in [-0.15, -0.1) is 0 Å². The van der Waals surface area contributed by atoms with Crippen LogP contribution in [0.4, 0.5) is 0 Å². The van der Waals surface area contributed by atoms with Gasteiger partial charge in [-0.2, -0.15) is 0 Å². The number of aromatic nitrogens is 2. The van der Waals surface area contributed by atoms with E-state index in [9.17, 15) is 4.79 Å². The van der Waals surface area contributed by atoms with Gasteiger partial charge in [0.1, 0.15) is 6.29 Å². The molecule has 17 heavy (non-hydrogen) atoms. The number of aryl methyl sites for hydroxylation is 1. The molecule has 0 radical (unpaired) electrons. The monoisotopic (exact) mass is 266 g/mol. The Bertz CT molecular complexity index is 585. The maximum Gasteiger partial charge on any atom is 0.222 e. The van der Waals surface area contributed by atoms with Gasteiger partial charge in [0.05, 0.1) is 16.9 Å². The molecule has 0 atom stereocenters. The number of hydrogen-bond donors (Lipinski definition) is 0. The third kappa shape index (κ3) is 2.46. The molecular formula is C12H8Cl2N2O. The molecule has 1 aromatic carbocycles. The fourth-order valence-electron chi connectivity index (χ4n) is 1.46. The van der Waals surface area contributed by atoms with Crippen LogP contribution in [0, 0.1) is 6.92 Å². The standard InChI is InChI=1S/C12H8Cl2N2O/c1-7-2-3-8(4-9(7)6-17)11-10(13)5-15-12(14)16-11/h2-6H,1H3. The van der Waals surface area contributed by atoms with Crippen LogP contribution in [0.5, 0.6) is 0 Å². The number of carbonyl (C=O) groups excluding carboxylic acids is 1. The van der Waals surface area contributed by atoms with E-state index < -0.39 is 0 Å². The minimum absolute atomic E-state index is 0.123. The maximum absolute atomic E-state index is 10.9. The van der Waals surface area contributed by atoms with Gasteiger partial charge in [-0.1, -0.05) is 23.7 Å². The molecule has 0 aliphatic heterocycles. The lowest BCUT2D eigenvalue weighted by Gasteiger charge is -2.05. The lowest BCUT2D eigenvalue weighted by molar-refractivity contribution is 0.112. The Kier molecular flexibility index (Phi) is 3.41. The number of benzene rings is 1. The van der Waals surface area contributed by atoms with E-state index in [2.05, 4.69) is 9.97 Å². The van der Waals surface area contributed by atoms with E-state index in [4.69, 9.17) is 23.2 Å². The molecule has 0 amide bonds. The Balaban J connectivity index is 2.60. The zero-order valence-corrected chi connectivity index (χ0v) is 10.5. The summed E-state index contributed by atoms with van der Waals surface area (Å²) in [5.74, 6) is 0. The quantitative estimate of drug-likeness (QED) is 0.617. The highest BCUT2D eigenvalue weighted by atomic mass is 35.5. The summed E-state index contributed by atoms with van der Waals surface area (Å²) in [5, 5.41) is 0.521. The Morgan fingerprint density at radius 3 is 2.76 bits per heavy atom. The SMILES string of the molecule is Cc1ccc(-c2nc(Cl)ncc2Cl)cc1C=O. The molecule has 0 spiro atoms. The zero-order valence-electron chi connectivity index (χ0n) is 8.95. The van der Waals surface area contributed by atoms with E-state index in [1.54, 1.807) is 6.07 Å². The highest BCUT2D eigenvalue weighted by Gasteiger charge is 2.08. The molecule has 0 fully saturated rings. The molecule has 0 aliphatic rings. The van der Waals surface area contributed by atoms with Crippen molar-refractivity contribution in [3.05, 3.63) is 45.8 Å². The molecule has 3 nitrogen and oxygen atoms in total. The lowest BCUT2D eigenvalue weighted by Crippen LogP contribution is -1.92. The second-order valence-corrected chi connectivity index (χ2v) is 4.27. The van der Waals surface area contributed by atoms with E-state index >= 15 is 0 Å². The molecule has 5 heteroatoms. The summed E-state index contributed by atoms with van der Waals surface area (Å²) >= 11 is 11.7. The molecular weight excluding hydrogens is 259 g/mol. The van der Waals surface area contributed by atoms with Gasteiger partial charge >= 0.3 is 0 Å². The second-order valence-electron chi connectivity index (χ2n) is 3.52. The van der Waals surface area contributed by atoms with Gasteiger partial charge in [-0.3, -0.25) is 4.79 Å². The van der Waals surface area contributed by atoms with Crippen LogP contribution in [-0.2, 0) is 0 Å². The summed E-state index contributed by atoms with van der Waals surface area (Å²) in [6.45, 7) is 1.86. The first-order valence-corrected chi connectivity index (χ1v) is 5.61. The fraction of sp³-hybridized carbons (Fsp3) is 0.0833. The lowest BCUT2D eigenvalue weighted by atomic mass is 10.0. The number of rotatable bonds is 2. The van der Waals surface area contributed by atoms with E-state index in [1.807, 2.05) is 19.1 Å². The summed E-state index contributed by atoms with van der Waals surface area (Å²) in [6.07, 6.45) is 2.24. The number of hydrogen-bond acceptors (Lipinski definition) is 3. The summed E-state index contributed by atoms with van der Waals surface area (Å²) in [6, 6.07) is 5.41. The molecule has 0 N–H and O–H groups in total. The largest absolute Gasteiger partial charge is 0.298 e. The van der Waals surface area contributed by atoms with Crippen molar-refractivity contribution in [2.45, 2.75) is 6.92 Å². The van der Waals surface area contributed by atoms with Crippen molar-refractivity contribution in [3.63, 3.8) is 0 Å². The van der Waals surface area contributed by atoms with E-state index in [0.29, 0.717) is 16.3 Å². The molecule has 0 bridgehead atoms. The maximum atomic E-state index is 10.9. The van der Waals surface area contributed by atoms with Crippen LogP contribution in [0.3, 0.4) is 0 Å². The summed E-state index contributed by atoms with van der Waals surface area (Å²) in [4.78, 5) is 18.7. The summed E-state index contributed by atoms with van der Waals surface area (Å²) < 4.78 is 0. The van der Waals surface area contributed by atoms with Gasteiger partial charge in [0, 0.05) is 11.1 Å². The van der Waals surface area contributed by atoms with Crippen LogP contribution in [0.15, 0.2) is 24.4 Å². The minimum atomic E-state index is 0.123. The summed E-state index contributed by atoms with van der Waals surface area (Å²) in [7, 11) is 0. The number of halogens is 2. The Morgan fingerprint density at radius 2 is 2.06 bits per heavy atom. The molecule has 0 unspecified atom stereocenters. The van der Waals surface area contributed by atoms with Crippen molar-refractivity contribution in [2.75, 3.05) is 0 Å². The number of nitrogens with zero attached hydrogens (tertiary/aromatic N) is 2. The molecule has 0 saturated heterocycles. The average Bonchev–Trinajstić information content (AvgIpc) is 2.33. The van der Waals surface area contributed by atoms with Crippen molar-refractivity contribution < 1.29 is 4.79 Å². The zero-order chi connectivity index (χ0) is 12.4. The van der Waals surface area contributed by atoms with Crippen molar-refractivity contribution in [1.82, 2.24) is 9.97 Å². The molecule has 2 aromatic rings. The molecule has 86 valence electrons. The van der Waals surface area contributed by atoms with Gasteiger partial charge in [-0.25, -0.2) is 9.97 Å². The van der Waals surface area contributed by atoms with Crippen LogP contribution in [0.1, 0.15) is 15.9 Å². The highest BCUT2D eigenvalue weighted by Crippen LogP contribution is 2.27. The molecule has 0 saturated carbocycles. The molecule has 1 aromatic heterocycles. The topological polar surface area (TPSA) is 42.9 Å². The average molecular weight is 267 g/mol. The van der Waals surface area contributed by atoms with Gasteiger partial charge in [0.25, 0.3) is 0 Å². The normalized spacial score (nSPS) is 10.3. The predicted octanol–water partition coefficient (Wildman–Crippen LogP) is 3.57. The number of carbonyl (C=O) groups is 1. The molecule has 1 heterocycles. The van der Waals surface area contributed by atoms with Crippen LogP contribution in [0.2, 0.25) is 10.3 Å². The Labute approximate surface area is 108 Å². The minimum Gasteiger partial charge on any atom is -0.298 e. The predicted molar refractivity (Wildman–Crippen MR) is 67.6 cm³/mol. The van der Waals surface area contributed by atoms with Crippen molar-refractivity contribution in [1.29, 1.82) is 0 Å². The Hall–Kier alpha value is -1.45. The van der Waals surface area contributed by atoms with Crippen LogP contribution >= 0.6 is 23.2 Å². The molecule has 2 rings (SSSR count). The smallest absolute Gasteiger partial charge is 0.222 e. The first kappa shape index (κ1) is 12.0. The Morgan fingerprint density at radius 1 is 1.29 bits per heavy atom. The third-order valence-electron chi connectivity index (χ3n) is 2.39. The van der Waals surface area contributed by atoms with Crippen LogP contribution in [0.25, 0.3) is 11.3 Å². The van der Waals surface area contributed by atoms with Crippen molar-refractivity contribution >= 4 is 29.5 Å². The van der Waals surface area contributed by atoms with Crippen LogP contribution in [-0.4, -0.2) is 16.3 Å². The van der Waals surface area contributed by atoms with Gasteiger partial charge in [0.15, 0.2) is 0 Å². The van der Waals surface area contributed by atoms with Crippen molar-refractivity contribution in [2.24, 2.45) is 0 Å². The first-order valence-electron chi connectivity index (χ1n) is 4.86. The third-order valence-corrected chi connectivity index (χ3v) is 2.85. The summed E-state index contributed by atoms with van der Waals surface area (Å²) in [5.41, 5.74) is 2.77. The van der Waals surface area contributed by atoms with E-state index in [-0.39, 0.29) is 5.28 Å². The van der Waals surface area contributed by atoms with E-state index in [1.165, 1.54) is 6.20 Å². The van der Waals surface area contributed by atoms with E-state index in [0.717, 1.165) is 17.4 Å².